The summed E-state index contributed by atoms with van der Waals surface area (Å²) in [5.74, 6) is -0.964. The molecular weight excluding hydrogens is 702 g/mol. The Hall–Kier alpha value is -5.64. The molecule has 2 fully saturated rings. The Labute approximate surface area is 310 Å². The normalized spacial score (nSPS) is 21.0. The van der Waals surface area contributed by atoms with Crippen molar-refractivity contribution in [3.05, 3.63) is 70.1 Å². The van der Waals surface area contributed by atoms with Crippen LogP contribution in [0.25, 0.3) is 5.57 Å². The average molecular weight is 745 g/mol. The molecule has 5 heterocycles. The molecule has 5 aliphatic heterocycles. The molecule has 54 heavy (non-hydrogen) atoms. The first-order valence-electron chi connectivity index (χ1n) is 18.0. The number of fused-ring (bicyclic) bond motifs is 2. The van der Waals surface area contributed by atoms with Crippen LogP contribution in [0.15, 0.2) is 52.8 Å². The summed E-state index contributed by atoms with van der Waals surface area (Å²) in [5, 5.41) is 15.2. The molecule has 284 valence electrons. The number of amidine groups is 1. The van der Waals surface area contributed by atoms with Crippen LogP contribution in [0.2, 0.25) is 0 Å². The van der Waals surface area contributed by atoms with Crippen LogP contribution in [0.4, 0.5) is 20.2 Å². The monoisotopic (exact) mass is 744 g/mol. The number of piperidine rings is 1. The summed E-state index contributed by atoms with van der Waals surface area (Å²) in [6.07, 6.45) is 2.13. The predicted octanol–water partition coefficient (Wildman–Crippen LogP) is 3.54. The number of nitrogens with two attached hydrogens (primary N) is 1. The Balaban J connectivity index is 1.15. The van der Waals surface area contributed by atoms with Gasteiger partial charge in [0, 0.05) is 92.5 Å². The number of amides is 4. The third-order valence-electron chi connectivity index (χ3n) is 10.5. The van der Waals surface area contributed by atoms with E-state index in [1.54, 1.807) is 28.0 Å². The van der Waals surface area contributed by atoms with Crippen LogP contribution >= 0.6 is 0 Å². The zero-order valence-electron chi connectivity index (χ0n) is 29.8. The fraction of sp³-hybridized carbons (Fsp3) is 0.421. The van der Waals surface area contributed by atoms with Gasteiger partial charge in [0.2, 0.25) is 17.7 Å². The van der Waals surface area contributed by atoms with Crippen molar-refractivity contribution in [1.82, 2.24) is 20.4 Å². The second-order valence-corrected chi connectivity index (χ2v) is 13.9. The molecule has 0 aliphatic carbocycles. The number of benzene rings is 2. The van der Waals surface area contributed by atoms with Crippen molar-refractivity contribution in [3.63, 3.8) is 0 Å². The first kappa shape index (κ1) is 36.7. The lowest BCUT2D eigenvalue weighted by molar-refractivity contribution is -0.137. The predicted molar refractivity (Wildman–Crippen MR) is 196 cm³/mol. The molecule has 0 radical (unpaired) electrons. The van der Waals surface area contributed by atoms with Gasteiger partial charge in [0.05, 0.1) is 24.5 Å². The summed E-state index contributed by atoms with van der Waals surface area (Å²) in [6.45, 7) is 4.11. The Morgan fingerprint density at radius 2 is 1.87 bits per heavy atom. The molecule has 14 nitrogen and oxygen atoms in total. The number of carbonyl (C=O) groups is 4. The van der Waals surface area contributed by atoms with Gasteiger partial charge in [-0.3, -0.25) is 34.9 Å². The molecule has 5 N–H and O–H groups in total. The van der Waals surface area contributed by atoms with Gasteiger partial charge in [-0.1, -0.05) is 6.07 Å². The van der Waals surface area contributed by atoms with E-state index in [-0.39, 0.29) is 91.1 Å². The van der Waals surface area contributed by atoms with Crippen LogP contribution in [0.5, 0.6) is 5.75 Å². The van der Waals surface area contributed by atoms with E-state index in [0.717, 1.165) is 18.5 Å². The van der Waals surface area contributed by atoms with E-state index in [1.807, 2.05) is 0 Å². The molecule has 7 rings (SSSR count). The molecule has 5 aliphatic rings. The van der Waals surface area contributed by atoms with Crippen LogP contribution in [0, 0.1) is 5.41 Å². The lowest BCUT2D eigenvalue weighted by Gasteiger charge is -2.38. The smallest absolute Gasteiger partial charge is 0.264 e. The van der Waals surface area contributed by atoms with E-state index in [4.69, 9.17) is 15.2 Å². The standard InChI is InChI=1S/C38H42F2N8O6/c1-21(49)46-9-6-30(44-24-7-11-53-12-8-24)29(20-46)36(42)47-10-13-54-33-16-26(28(35(39)40)15-32(33)47)23(17-41)18-43-25-3-2-22-19-48(38(52)27(22)14-25)31-4-5-34(50)45-37(31)51/h2-3,14-18,24,31,35,42,44H,4-13,19-20,41H2,1H3,(H,45,50,51)/b23-17+,42-36?,43-18?. The largest absolute Gasteiger partial charge is 0.490 e. The molecule has 4 amide bonds. The molecule has 0 saturated carbocycles. The maximum absolute atomic E-state index is 14.8. The summed E-state index contributed by atoms with van der Waals surface area (Å²) < 4.78 is 41.2. The van der Waals surface area contributed by atoms with Crippen LogP contribution in [0.3, 0.4) is 0 Å². The van der Waals surface area contributed by atoms with Gasteiger partial charge in [-0.2, -0.15) is 0 Å². The van der Waals surface area contributed by atoms with Crippen molar-refractivity contribution in [2.24, 2.45) is 10.7 Å². The number of nitrogens with one attached hydrogen (secondary N) is 3. The summed E-state index contributed by atoms with van der Waals surface area (Å²) in [5.41, 5.74) is 9.13. The maximum atomic E-state index is 14.8. The van der Waals surface area contributed by atoms with E-state index < -0.39 is 18.4 Å². The zero-order valence-corrected chi connectivity index (χ0v) is 29.8. The number of hydrogen-bond acceptors (Lipinski definition) is 10. The van der Waals surface area contributed by atoms with Crippen molar-refractivity contribution in [1.29, 1.82) is 5.41 Å². The van der Waals surface area contributed by atoms with Crippen LogP contribution in [-0.4, -0.2) is 97.0 Å². The van der Waals surface area contributed by atoms with Gasteiger partial charge in [-0.15, -0.1) is 0 Å². The Kier molecular flexibility index (Phi) is 10.5. The van der Waals surface area contributed by atoms with Gasteiger partial charge in [0.15, 0.2) is 0 Å². The van der Waals surface area contributed by atoms with Crippen molar-refractivity contribution in [2.45, 2.75) is 64.1 Å². The third-order valence-corrected chi connectivity index (χ3v) is 10.5. The summed E-state index contributed by atoms with van der Waals surface area (Å²) in [7, 11) is 0. The highest BCUT2D eigenvalue weighted by atomic mass is 19.3. The summed E-state index contributed by atoms with van der Waals surface area (Å²) in [4.78, 5) is 59.0. The van der Waals surface area contributed by atoms with Gasteiger partial charge in [-0.05, 0) is 54.7 Å². The minimum Gasteiger partial charge on any atom is -0.490 e. The van der Waals surface area contributed by atoms with Gasteiger partial charge >= 0.3 is 0 Å². The van der Waals surface area contributed by atoms with Crippen molar-refractivity contribution >= 4 is 52.6 Å². The summed E-state index contributed by atoms with van der Waals surface area (Å²) >= 11 is 0. The van der Waals surface area contributed by atoms with E-state index in [0.29, 0.717) is 54.3 Å². The third kappa shape index (κ3) is 7.29. The van der Waals surface area contributed by atoms with Crippen molar-refractivity contribution in [3.8, 4) is 5.75 Å². The van der Waals surface area contributed by atoms with E-state index in [2.05, 4.69) is 15.6 Å². The topological polar surface area (TPSA) is 183 Å². The minimum absolute atomic E-state index is 0.0890. The van der Waals surface area contributed by atoms with Crippen LogP contribution in [0.1, 0.15) is 72.5 Å². The van der Waals surface area contributed by atoms with E-state index >= 15 is 0 Å². The summed E-state index contributed by atoms with van der Waals surface area (Å²) in [6, 6.07) is 7.17. The number of anilines is 1. The lowest BCUT2D eigenvalue weighted by atomic mass is 9.97. The maximum Gasteiger partial charge on any atom is 0.264 e. The Morgan fingerprint density at radius 1 is 1.07 bits per heavy atom. The SMILES string of the molecule is CC(=O)N1CCC(NC2CCOCC2)=C(C(=N)N2CCOc3cc(/C(C=Nc4ccc5c(c4)C(=O)N(C4CCC(=O)NC4=O)C5)=C/N)c(C(F)F)cc32)C1. The van der Waals surface area contributed by atoms with Gasteiger partial charge in [0.1, 0.15) is 24.2 Å². The van der Waals surface area contributed by atoms with Crippen molar-refractivity contribution in [2.75, 3.05) is 44.4 Å². The van der Waals surface area contributed by atoms with Crippen LogP contribution < -0.4 is 26.0 Å². The average Bonchev–Trinajstić information content (AvgIpc) is 3.49. The Bertz CT molecular complexity index is 1990. The quantitative estimate of drug-likeness (QED) is 0.179. The number of nitrogens with zero attached hydrogens (tertiary/aromatic N) is 4. The molecule has 0 spiro atoms. The molecular formula is C38H42F2N8O6. The molecule has 2 saturated heterocycles. The van der Waals surface area contributed by atoms with Crippen LogP contribution in [-0.2, 0) is 25.7 Å². The number of ether oxygens (including phenoxy) is 2. The number of carbonyl (C=O) groups excluding carboxylic acids is 4. The molecule has 16 heteroatoms. The minimum atomic E-state index is -2.92. The second-order valence-electron chi connectivity index (χ2n) is 13.9. The lowest BCUT2D eigenvalue weighted by Crippen LogP contribution is -2.52. The molecule has 2 aromatic rings. The Morgan fingerprint density at radius 3 is 2.59 bits per heavy atom. The zero-order chi connectivity index (χ0) is 38.1. The molecule has 2 aromatic carbocycles. The molecule has 1 unspecified atom stereocenters. The van der Waals surface area contributed by atoms with Gasteiger partial charge < -0.3 is 35.2 Å². The highest BCUT2D eigenvalue weighted by Crippen LogP contribution is 2.41. The fourth-order valence-corrected chi connectivity index (χ4v) is 7.57. The van der Waals surface area contributed by atoms with Crippen molar-refractivity contribution < 1.29 is 37.4 Å². The molecule has 1 atom stereocenters. The van der Waals surface area contributed by atoms with E-state index in [9.17, 15) is 33.4 Å². The number of hydrogen-bond donors (Lipinski definition) is 4. The highest BCUT2D eigenvalue weighted by molar-refractivity contribution is 6.13. The first-order valence-corrected chi connectivity index (χ1v) is 18.0. The molecule has 0 bridgehead atoms. The fourth-order valence-electron chi connectivity index (χ4n) is 7.57. The van der Waals surface area contributed by atoms with Gasteiger partial charge in [-0.25, -0.2) is 8.78 Å². The number of imide groups is 1. The first-order chi connectivity index (χ1) is 26.0. The van der Waals surface area contributed by atoms with E-state index in [1.165, 1.54) is 36.4 Å². The number of alkyl halides is 2. The number of rotatable bonds is 8. The number of halogens is 2. The van der Waals surface area contributed by atoms with Gasteiger partial charge in [0.25, 0.3) is 12.3 Å². The number of allylic oxidation sites excluding steroid dienone is 1. The number of aliphatic imine (C=N–C) groups is 1. The molecule has 0 aromatic heterocycles. The highest BCUT2D eigenvalue weighted by Gasteiger charge is 2.39. The second kappa shape index (κ2) is 15.4.